The quantitative estimate of drug-likeness (QED) is 0.678. The number of hydrogen-bond donors (Lipinski definition) is 1. The first-order valence-corrected chi connectivity index (χ1v) is 5.98. The number of nitrogen functional groups attached to an aromatic ring is 1. The van der Waals surface area contributed by atoms with Crippen molar-refractivity contribution in [3.8, 4) is 11.1 Å². The van der Waals surface area contributed by atoms with E-state index in [9.17, 15) is 18.0 Å². The van der Waals surface area contributed by atoms with Crippen LogP contribution in [0.2, 0.25) is 0 Å². The Hall–Kier alpha value is -2.50. The number of carbonyl (C=O) groups is 1. The number of nitrogens with two attached hydrogens (primary N) is 1. The van der Waals surface area contributed by atoms with Crippen LogP contribution in [0.5, 0.6) is 0 Å². The highest BCUT2D eigenvalue weighted by Crippen LogP contribution is 2.32. The van der Waals surface area contributed by atoms with Gasteiger partial charge >= 0.3 is 12.1 Å². The second-order valence-corrected chi connectivity index (χ2v) is 4.37. The molecule has 110 valence electrons. The lowest BCUT2D eigenvalue weighted by molar-refractivity contribution is -0.137. The third-order valence-electron chi connectivity index (χ3n) is 2.97. The summed E-state index contributed by atoms with van der Waals surface area (Å²) in [5, 5.41) is 0. The minimum atomic E-state index is -4.40. The fourth-order valence-electron chi connectivity index (χ4n) is 1.93. The lowest BCUT2D eigenvalue weighted by Gasteiger charge is -2.11. The maximum absolute atomic E-state index is 12.5. The number of benzene rings is 2. The highest BCUT2D eigenvalue weighted by molar-refractivity contribution is 5.98. The second-order valence-electron chi connectivity index (χ2n) is 4.37. The molecule has 0 atom stereocenters. The van der Waals surface area contributed by atoms with Gasteiger partial charge in [0.15, 0.2) is 0 Å². The number of hydrogen-bond acceptors (Lipinski definition) is 3. The molecule has 0 aromatic heterocycles. The van der Waals surface area contributed by atoms with E-state index in [0.29, 0.717) is 16.8 Å². The van der Waals surface area contributed by atoms with Gasteiger partial charge in [-0.3, -0.25) is 0 Å². The summed E-state index contributed by atoms with van der Waals surface area (Å²) in [5.41, 5.74) is 6.38. The standard InChI is InChI=1S/C15H12F3NO2/c1-21-14(20)13-8-11(19)6-7-12(13)9-2-4-10(5-3-9)15(16,17)18/h2-8H,19H2,1H3. The number of halogens is 3. The monoisotopic (exact) mass is 295 g/mol. The fraction of sp³-hybridized carbons (Fsp3) is 0.133. The Morgan fingerprint density at radius 1 is 1.10 bits per heavy atom. The minimum Gasteiger partial charge on any atom is -0.465 e. The molecule has 0 spiro atoms. The van der Waals surface area contributed by atoms with E-state index in [0.717, 1.165) is 12.1 Å². The SMILES string of the molecule is COC(=O)c1cc(N)ccc1-c1ccc(C(F)(F)F)cc1. The molecule has 0 aliphatic carbocycles. The third-order valence-corrected chi connectivity index (χ3v) is 2.97. The van der Waals surface area contributed by atoms with Crippen molar-refractivity contribution >= 4 is 11.7 Å². The topological polar surface area (TPSA) is 52.3 Å². The molecule has 6 heteroatoms. The van der Waals surface area contributed by atoms with Crippen molar-refractivity contribution in [1.82, 2.24) is 0 Å². The van der Waals surface area contributed by atoms with Crippen molar-refractivity contribution in [2.75, 3.05) is 12.8 Å². The molecule has 0 fully saturated rings. The number of carbonyl (C=O) groups excluding carboxylic acids is 1. The number of esters is 1. The molecular formula is C15H12F3NO2. The predicted octanol–water partition coefficient (Wildman–Crippen LogP) is 3.74. The van der Waals surface area contributed by atoms with Crippen molar-refractivity contribution in [3.63, 3.8) is 0 Å². The first kappa shape index (κ1) is 14.9. The Morgan fingerprint density at radius 2 is 1.71 bits per heavy atom. The molecule has 0 aliphatic heterocycles. The molecule has 0 aliphatic rings. The smallest absolute Gasteiger partial charge is 0.416 e. The normalized spacial score (nSPS) is 11.2. The van der Waals surface area contributed by atoms with Crippen LogP contribution in [-0.4, -0.2) is 13.1 Å². The van der Waals surface area contributed by atoms with Crippen molar-refractivity contribution in [2.45, 2.75) is 6.18 Å². The minimum absolute atomic E-state index is 0.206. The van der Waals surface area contributed by atoms with Gasteiger partial charge in [-0.05, 0) is 35.4 Å². The first-order valence-electron chi connectivity index (χ1n) is 5.98. The second kappa shape index (κ2) is 5.47. The number of ether oxygens (including phenoxy) is 1. The molecule has 0 radical (unpaired) electrons. The Balaban J connectivity index is 2.49. The molecule has 21 heavy (non-hydrogen) atoms. The molecule has 3 nitrogen and oxygen atoms in total. The zero-order chi connectivity index (χ0) is 15.6. The van der Waals surface area contributed by atoms with Gasteiger partial charge in [0.25, 0.3) is 0 Å². The van der Waals surface area contributed by atoms with E-state index >= 15 is 0 Å². The van der Waals surface area contributed by atoms with Crippen molar-refractivity contribution in [1.29, 1.82) is 0 Å². The van der Waals surface area contributed by atoms with Gasteiger partial charge < -0.3 is 10.5 Å². The van der Waals surface area contributed by atoms with Gasteiger partial charge in [0.05, 0.1) is 18.2 Å². The number of rotatable bonds is 2. The summed E-state index contributed by atoms with van der Waals surface area (Å²) >= 11 is 0. The average molecular weight is 295 g/mol. The summed E-state index contributed by atoms with van der Waals surface area (Å²) in [5.74, 6) is -0.600. The summed E-state index contributed by atoms with van der Waals surface area (Å²) in [6.45, 7) is 0. The molecule has 0 heterocycles. The fourth-order valence-corrected chi connectivity index (χ4v) is 1.93. The maximum atomic E-state index is 12.5. The summed E-state index contributed by atoms with van der Waals surface area (Å²) in [6.07, 6.45) is -4.40. The van der Waals surface area contributed by atoms with Crippen molar-refractivity contribution in [3.05, 3.63) is 53.6 Å². The van der Waals surface area contributed by atoms with Crippen molar-refractivity contribution in [2.24, 2.45) is 0 Å². The number of methoxy groups -OCH3 is 1. The molecule has 2 aromatic rings. The van der Waals surface area contributed by atoms with E-state index in [1.165, 1.54) is 25.3 Å². The van der Waals surface area contributed by atoms with Gasteiger partial charge in [-0.15, -0.1) is 0 Å². The Kier molecular flexibility index (Phi) is 3.88. The molecular weight excluding hydrogens is 283 g/mol. The van der Waals surface area contributed by atoms with Gasteiger partial charge in [-0.1, -0.05) is 18.2 Å². The van der Waals surface area contributed by atoms with Crippen LogP contribution in [0.4, 0.5) is 18.9 Å². The van der Waals surface area contributed by atoms with Gasteiger partial charge in [-0.25, -0.2) is 4.79 Å². The van der Waals surface area contributed by atoms with Crippen LogP contribution in [0.1, 0.15) is 15.9 Å². The van der Waals surface area contributed by atoms with Crippen LogP contribution in [0, 0.1) is 0 Å². The predicted molar refractivity (Wildman–Crippen MR) is 72.6 cm³/mol. The van der Waals surface area contributed by atoms with Crippen LogP contribution in [0.15, 0.2) is 42.5 Å². The van der Waals surface area contributed by atoms with Gasteiger partial charge in [-0.2, -0.15) is 13.2 Å². The molecule has 2 aromatic carbocycles. The lowest BCUT2D eigenvalue weighted by atomic mass is 9.98. The van der Waals surface area contributed by atoms with E-state index in [2.05, 4.69) is 4.74 Å². The number of anilines is 1. The molecule has 0 saturated carbocycles. The van der Waals surface area contributed by atoms with Crippen LogP contribution < -0.4 is 5.73 Å². The molecule has 0 unspecified atom stereocenters. The summed E-state index contributed by atoms with van der Waals surface area (Å²) in [7, 11) is 1.22. The molecule has 2 rings (SSSR count). The van der Waals surface area contributed by atoms with Crippen molar-refractivity contribution < 1.29 is 22.7 Å². The summed E-state index contributed by atoms with van der Waals surface area (Å²) in [6, 6.07) is 9.11. The highest BCUT2D eigenvalue weighted by atomic mass is 19.4. The average Bonchev–Trinajstić information content (AvgIpc) is 2.45. The van der Waals surface area contributed by atoms with Crippen LogP contribution >= 0.6 is 0 Å². The van der Waals surface area contributed by atoms with Gasteiger partial charge in [0.1, 0.15) is 0 Å². The van der Waals surface area contributed by atoms with E-state index in [1.54, 1.807) is 12.1 Å². The van der Waals surface area contributed by atoms with E-state index in [4.69, 9.17) is 5.73 Å². The Labute approximate surface area is 119 Å². The van der Waals surface area contributed by atoms with Crippen LogP contribution in [0.25, 0.3) is 11.1 Å². The maximum Gasteiger partial charge on any atom is 0.416 e. The third kappa shape index (κ3) is 3.16. The van der Waals surface area contributed by atoms with Gasteiger partial charge in [0, 0.05) is 5.69 Å². The Bertz CT molecular complexity index is 664. The van der Waals surface area contributed by atoms with Crippen LogP contribution in [-0.2, 0) is 10.9 Å². The zero-order valence-electron chi connectivity index (χ0n) is 11.1. The van der Waals surface area contributed by atoms with E-state index in [-0.39, 0.29) is 5.56 Å². The summed E-state index contributed by atoms with van der Waals surface area (Å²) < 4.78 is 42.3. The molecule has 0 bridgehead atoms. The number of alkyl halides is 3. The molecule has 2 N–H and O–H groups in total. The largest absolute Gasteiger partial charge is 0.465 e. The van der Waals surface area contributed by atoms with E-state index in [1.807, 2.05) is 0 Å². The lowest BCUT2D eigenvalue weighted by Crippen LogP contribution is -2.06. The van der Waals surface area contributed by atoms with E-state index < -0.39 is 17.7 Å². The van der Waals surface area contributed by atoms with Crippen LogP contribution in [0.3, 0.4) is 0 Å². The van der Waals surface area contributed by atoms with Gasteiger partial charge in [0.2, 0.25) is 0 Å². The highest BCUT2D eigenvalue weighted by Gasteiger charge is 2.30. The summed E-state index contributed by atoms with van der Waals surface area (Å²) in [4.78, 5) is 11.7. The molecule has 0 saturated heterocycles. The Morgan fingerprint density at radius 3 is 2.24 bits per heavy atom. The zero-order valence-corrected chi connectivity index (χ0v) is 11.1. The molecule has 0 amide bonds. The first-order chi connectivity index (χ1) is 9.82.